The zero-order chi connectivity index (χ0) is 31.8. The maximum atomic E-state index is 13.7. The summed E-state index contributed by atoms with van der Waals surface area (Å²) in [5, 5.41) is 7.90. The lowest BCUT2D eigenvalue weighted by molar-refractivity contribution is -0.142. The lowest BCUT2D eigenvalue weighted by Gasteiger charge is -2.34. The van der Waals surface area contributed by atoms with E-state index in [1.165, 1.54) is 17.0 Å². The summed E-state index contributed by atoms with van der Waals surface area (Å²) >= 11 is 7.23. The van der Waals surface area contributed by atoms with E-state index in [0.29, 0.717) is 35.6 Å². The van der Waals surface area contributed by atoms with Crippen LogP contribution in [-0.2, 0) is 13.6 Å². The minimum absolute atomic E-state index is 0.0698. The molecule has 2 unspecified atom stereocenters. The lowest BCUT2D eigenvalue weighted by atomic mass is 9.93. The molecule has 234 valence electrons. The number of carbonyl (C=O) groups excluding carboxylic acids is 1. The van der Waals surface area contributed by atoms with Crippen LogP contribution in [-0.4, -0.2) is 55.7 Å². The number of anilines is 2. The quantitative estimate of drug-likeness (QED) is 0.187. The third kappa shape index (κ3) is 6.80. The van der Waals surface area contributed by atoms with E-state index in [0.717, 1.165) is 46.2 Å². The molecule has 10 nitrogen and oxygen atoms in total. The first kappa shape index (κ1) is 31.6. The third-order valence-corrected chi connectivity index (χ3v) is 8.21. The molecular weight excluding hydrogens is 617 g/mol. The first-order valence-corrected chi connectivity index (χ1v) is 15.6. The molecule has 1 amide bonds. The fraction of sp³-hybridized carbons (Fsp3) is 0.414. The van der Waals surface area contributed by atoms with E-state index < -0.39 is 18.6 Å². The fourth-order valence-corrected chi connectivity index (χ4v) is 6.05. The van der Waals surface area contributed by atoms with Crippen molar-refractivity contribution in [1.82, 2.24) is 29.0 Å². The topological polar surface area (TPSA) is 110 Å². The predicted octanol–water partition coefficient (Wildman–Crippen LogP) is 5.61. The number of amides is 1. The normalized spacial score (nSPS) is 16.3. The number of hydrogen-bond acceptors (Lipinski definition) is 8. The number of carbonyl (C=O) groups is 1. The first-order valence-electron chi connectivity index (χ1n) is 14.0. The smallest absolute Gasteiger partial charge is 0.377 e. The highest BCUT2D eigenvalue weighted by atomic mass is 35.5. The molecule has 0 bridgehead atoms. The van der Waals surface area contributed by atoms with E-state index >= 15 is 0 Å². The van der Waals surface area contributed by atoms with Crippen LogP contribution < -0.4 is 20.5 Å². The van der Waals surface area contributed by atoms with E-state index in [4.69, 9.17) is 16.6 Å². The summed E-state index contributed by atoms with van der Waals surface area (Å²) in [5.74, 6) is 0.00160. The Morgan fingerprint density at radius 3 is 2.75 bits per heavy atom. The molecule has 0 saturated carbocycles. The Kier molecular flexibility index (Phi) is 9.12. The highest BCUT2D eigenvalue weighted by Gasteiger charge is 2.30. The molecule has 0 spiro atoms. The summed E-state index contributed by atoms with van der Waals surface area (Å²) in [6, 6.07) is 6.64. The van der Waals surface area contributed by atoms with Gasteiger partial charge in [-0.2, -0.15) is 18.3 Å². The Hall–Kier alpha value is -3.78. The molecule has 1 aliphatic heterocycles. The number of fused-ring (bicyclic) bond motifs is 1. The van der Waals surface area contributed by atoms with Crippen LogP contribution in [0.15, 0.2) is 41.5 Å². The van der Waals surface area contributed by atoms with E-state index in [-0.39, 0.29) is 28.4 Å². The van der Waals surface area contributed by atoms with Crippen molar-refractivity contribution < 1.29 is 18.0 Å². The van der Waals surface area contributed by atoms with Crippen LogP contribution in [0.3, 0.4) is 0 Å². The van der Waals surface area contributed by atoms with E-state index in [2.05, 4.69) is 20.1 Å². The number of pyridine rings is 1. The van der Waals surface area contributed by atoms with Crippen molar-refractivity contribution in [2.75, 3.05) is 29.6 Å². The molecule has 3 aromatic heterocycles. The van der Waals surface area contributed by atoms with Crippen LogP contribution in [0.5, 0.6) is 0 Å². The highest BCUT2D eigenvalue weighted by Crippen LogP contribution is 2.32. The van der Waals surface area contributed by atoms with Gasteiger partial charge in [-0.25, -0.2) is 9.97 Å². The van der Waals surface area contributed by atoms with Crippen LogP contribution in [0.25, 0.3) is 10.9 Å². The Morgan fingerprint density at radius 1 is 1.25 bits per heavy atom. The van der Waals surface area contributed by atoms with Gasteiger partial charge in [0.25, 0.3) is 11.5 Å². The van der Waals surface area contributed by atoms with E-state index in [9.17, 15) is 22.8 Å². The van der Waals surface area contributed by atoms with Crippen molar-refractivity contribution in [2.24, 2.45) is 7.05 Å². The number of alkyl halides is 3. The van der Waals surface area contributed by atoms with Crippen LogP contribution >= 0.6 is 23.5 Å². The predicted molar refractivity (Wildman–Crippen MR) is 166 cm³/mol. The molecule has 1 fully saturated rings. The Balaban J connectivity index is 1.49. The minimum Gasteiger partial charge on any atom is -0.377 e. The number of nitrogens with one attached hydrogen (secondary N) is 2. The monoisotopic (exact) mass is 648 g/mol. The number of piperidine rings is 1. The average Bonchev–Trinajstić information content (AvgIpc) is 3.43. The summed E-state index contributed by atoms with van der Waals surface area (Å²) in [5.41, 5.74) is 3.26. The van der Waals surface area contributed by atoms with Gasteiger partial charge in [0.1, 0.15) is 11.7 Å². The van der Waals surface area contributed by atoms with Gasteiger partial charge in [-0.15, -0.1) is 0 Å². The number of nitrogens with zero attached hydrogens (tertiary/aromatic N) is 6. The van der Waals surface area contributed by atoms with Crippen molar-refractivity contribution in [3.8, 4) is 0 Å². The number of halogens is 4. The van der Waals surface area contributed by atoms with Crippen LogP contribution in [0.1, 0.15) is 58.9 Å². The van der Waals surface area contributed by atoms with Crippen molar-refractivity contribution >= 4 is 52.0 Å². The molecule has 2 N–H and O–H groups in total. The second kappa shape index (κ2) is 12.7. The van der Waals surface area contributed by atoms with Crippen LogP contribution in [0.4, 0.5) is 24.8 Å². The second-order valence-electron chi connectivity index (χ2n) is 10.9. The van der Waals surface area contributed by atoms with Gasteiger partial charge >= 0.3 is 6.18 Å². The first-order chi connectivity index (χ1) is 20.8. The average molecular weight is 649 g/mol. The van der Waals surface area contributed by atoms with Crippen LogP contribution in [0.2, 0.25) is 5.15 Å². The van der Waals surface area contributed by atoms with Crippen LogP contribution in [0, 0.1) is 6.92 Å². The van der Waals surface area contributed by atoms with Gasteiger partial charge in [-0.05, 0) is 56.0 Å². The summed E-state index contributed by atoms with van der Waals surface area (Å²) in [6.07, 6.45) is 1.85. The van der Waals surface area contributed by atoms with Gasteiger partial charge < -0.3 is 10.2 Å². The summed E-state index contributed by atoms with van der Waals surface area (Å²) in [6.45, 7) is 3.78. The SMILES string of the molecule is CSNC(=O)c1nc(Cl)ccc1NC(C)c1cc(C)cc2c(=O)n(C)c(N3CCCC(c4cnn(CC(F)(F)F)c4)C3)nc12. The maximum absolute atomic E-state index is 13.7. The number of benzene rings is 1. The molecule has 4 aromatic rings. The van der Waals surface area contributed by atoms with Crippen molar-refractivity contribution in [1.29, 1.82) is 0 Å². The zero-order valence-corrected chi connectivity index (χ0v) is 26.1. The van der Waals surface area contributed by atoms with Gasteiger partial charge in [-0.1, -0.05) is 29.6 Å². The standard InChI is InChI=1S/C29H32ClF3N8O2S/c1-16-10-20(17(2)35-22-7-8-23(30)36-25(22)26(42)38-44-4)24-21(11-16)27(43)39(3)28(37-24)40-9-5-6-18(13-40)19-12-34-41(14-19)15-29(31,32)33/h7-8,10-12,14,17-18,35H,5-6,9,13,15H2,1-4H3,(H,38,42). The second-order valence-corrected chi connectivity index (χ2v) is 11.9. The largest absolute Gasteiger partial charge is 0.408 e. The van der Waals surface area contributed by atoms with Gasteiger partial charge in [0.05, 0.1) is 28.8 Å². The number of aromatic nitrogens is 5. The fourth-order valence-electron chi connectivity index (χ4n) is 5.62. The Labute approximate surface area is 261 Å². The Morgan fingerprint density at radius 2 is 2.02 bits per heavy atom. The number of aryl methyl sites for hydroxylation is 1. The molecule has 1 aromatic carbocycles. The molecule has 44 heavy (non-hydrogen) atoms. The van der Waals surface area contributed by atoms with Gasteiger partial charge in [0.2, 0.25) is 5.95 Å². The maximum Gasteiger partial charge on any atom is 0.408 e. The minimum atomic E-state index is -4.36. The Bertz CT molecular complexity index is 1760. The van der Waals surface area contributed by atoms with E-state index in [1.807, 2.05) is 24.8 Å². The molecule has 0 aliphatic carbocycles. The molecule has 1 saturated heterocycles. The van der Waals surface area contributed by atoms with Crippen molar-refractivity contribution in [3.05, 3.63) is 74.6 Å². The number of rotatable bonds is 8. The molecule has 15 heteroatoms. The molecule has 2 atom stereocenters. The molecule has 4 heterocycles. The van der Waals surface area contributed by atoms with Gasteiger partial charge in [0, 0.05) is 44.1 Å². The van der Waals surface area contributed by atoms with Crippen molar-refractivity contribution in [3.63, 3.8) is 0 Å². The molecular formula is C29H32ClF3N8O2S. The zero-order valence-electron chi connectivity index (χ0n) is 24.6. The van der Waals surface area contributed by atoms with Gasteiger partial charge in [0.15, 0.2) is 5.69 Å². The molecule has 5 rings (SSSR count). The van der Waals surface area contributed by atoms with Crippen molar-refractivity contribution in [2.45, 2.75) is 51.4 Å². The summed E-state index contributed by atoms with van der Waals surface area (Å²) in [7, 11) is 1.68. The molecule has 0 radical (unpaired) electrons. The van der Waals surface area contributed by atoms with E-state index in [1.54, 1.807) is 31.5 Å². The highest BCUT2D eigenvalue weighted by molar-refractivity contribution is 7.97. The summed E-state index contributed by atoms with van der Waals surface area (Å²) < 4.78 is 43.7. The molecule has 1 aliphatic rings. The summed E-state index contributed by atoms with van der Waals surface area (Å²) in [4.78, 5) is 37.6. The van der Waals surface area contributed by atoms with Gasteiger partial charge in [-0.3, -0.25) is 23.6 Å². The number of hydrogen-bond donors (Lipinski definition) is 2. The lowest BCUT2D eigenvalue weighted by Crippen LogP contribution is -2.38. The third-order valence-electron chi connectivity index (χ3n) is 7.61.